The van der Waals surface area contributed by atoms with Crippen molar-refractivity contribution in [3.8, 4) is 0 Å². The molecule has 2 N–H and O–H groups in total. The summed E-state index contributed by atoms with van der Waals surface area (Å²) in [5, 5.41) is 7.15. The zero-order valence-electron chi connectivity index (χ0n) is 9.97. The Bertz CT molecular complexity index is 137. The van der Waals surface area contributed by atoms with Gasteiger partial charge in [-0.3, -0.25) is 0 Å². The zero-order valence-corrected chi connectivity index (χ0v) is 9.97. The lowest BCUT2D eigenvalue weighted by Crippen LogP contribution is -2.34. The third kappa shape index (κ3) is 4.43. The van der Waals surface area contributed by atoms with Crippen molar-refractivity contribution in [2.45, 2.75) is 46.1 Å². The highest BCUT2D eigenvalue weighted by atomic mass is 14.9. The standard InChI is InChI=1S/C12H26N2/c1-10(2)11(3)9-14-12-5-4-7-13-8-6-12/h10-14H,4-9H2,1-3H3. The molecule has 2 atom stereocenters. The molecule has 0 amide bonds. The summed E-state index contributed by atoms with van der Waals surface area (Å²) in [5.41, 5.74) is 0. The lowest BCUT2D eigenvalue weighted by Gasteiger charge is -2.21. The van der Waals surface area contributed by atoms with Crippen LogP contribution in [0.1, 0.15) is 40.0 Å². The van der Waals surface area contributed by atoms with Crippen LogP contribution in [0, 0.1) is 11.8 Å². The van der Waals surface area contributed by atoms with Crippen LogP contribution in [0.2, 0.25) is 0 Å². The molecule has 2 nitrogen and oxygen atoms in total. The smallest absolute Gasteiger partial charge is 0.00797 e. The highest BCUT2D eigenvalue weighted by molar-refractivity contribution is 4.73. The molecule has 14 heavy (non-hydrogen) atoms. The minimum Gasteiger partial charge on any atom is -0.317 e. The van der Waals surface area contributed by atoms with Gasteiger partial charge in [-0.1, -0.05) is 20.8 Å². The summed E-state index contributed by atoms with van der Waals surface area (Å²) in [6.07, 6.45) is 3.97. The van der Waals surface area contributed by atoms with Gasteiger partial charge in [-0.2, -0.15) is 0 Å². The van der Waals surface area contributed by atoms with E-state index in [1.165, 1.54) is 38.9 Å². The Morgan fingerprint density at radius 2 is 2.00 bits per heavy atom. The molecule has 1 aliphatic heterocycles. The predicted octanol–water partition coefficient (Wildman–Crippen LogP) is 2.01. The predicted molar refractivity (Wildman–Crippen MR) is 62.5 cm³/mol. The van der Waals surface area contributed by atoms with Crippen LogP contribution < -0.4 is 10.6 Å². The minimum absolute atomic E-state index is 0.756. The second kappa shape index (κ2) is 6.41. The summed E-state index contributed by atoms with van der Waals surface area (Å²) in [7, 11) is 0. The van der Waals surface area contributed by atoms with Crippen molar-refractivity contribution in [3.63, 3.8) is 0 Å². The SMILES string of the molecule is CC(C)C(C)CNC1CCCNCC1. The van der Waals surface area contributed by atoms with Gasteiger partial charge in [0.2, 0.25) is 0 Å². The van der Waals surface area contributed by atoms with E-state index in [1.807, 2.05) is 0 Å². The second-order valence-electron chi connectivity index (χ2n) is 5.01. The van der Waals surface area contributed by atoms with Crippen LogP contribution in [0.15, 0.2) is 0 Å². The molecule has 2 heteroatoms. The van der Waals surface area contributed by atoms with Gasteiger partial charge in [0.15, 0.2) is 0 Å². The van der Waals surface area contributed by atoms with Crippen molar-refractivity contribution in [1.82, 2.24) is 10.6 Å². The minimum atomic E-state index is 0.756. The first-order valence-corrected chi connectivity index (χ1v) is 6.14. The van der Waals surface area contributed by atoms with Crippen LogP contribution in [0.5, 0.6) is 0 Å². The van der Waals surface area contributed by atoms with Gasteiger partial charge in [0.1, 0.15) is 0 Å². The van der Waals surface area contributed by atoms with Crippen molar-refractivity contribution in [3.05, 3.63) is 0 Å². The molecule has 0 saturated carbocycles. The van der Waals surface area contributed by atoms with Gasteiger partial charge >= 0.3 is 0 Å². The van der Waals surface area contributed by atoms with Gasteiger partial charge in [0, 0.05) is 6.04 Å². The van der Waals surface area contributed by atoms with Gasteiger partial charge in [-0.25, -0.2) is 0 Å². The summed E-state index contributed by atoms with van der Waals surface area (Å²) in [5.74, 6) is 1.60. The quantitative estimate of drug-likeness (QED) is 0.722. The summed E-state index contributed by atoms with van der Waals surface area (Å²) in [6, 6.07) is 0.756. The van der Waals surface area contributed by atoms with Crippen LogP contribution in [-0.4, -0.2) is 25.7 Å². The molecule has 1 heterocycles. The van der Waals surface area contributed by atoms with Crippen LogP contribution in [-0.2, 0) is 0 Å². The molecular weight excluding hydrogens is 172 g/mol. The molecule has 0 aromatic rings. The number of rotatable bonds is 4. The van der Waals surface area contributed by atoms with Gasteiger partial charge in [0.25, 0.3) is 0 Å². The van der Waals surface area contributed by atoms with Gasteiger partial charge in [0.05, 0.1) is 0 Å². The Hall–Kier alpha value is -0.0800. The molecule has 1 rings (SSSR count). The molecule has 2 unspecified atom stereocenters. The van der Waals surface area contributed by atoms with E-state index >= 15 is 0 Å². The molecule has 84 valence electrons. The number of hydrogen-bond acceptors (Lipinski definition) is 2. The first-order chi connectivity index (χ1) is 6.70. The maximum atomic E-state index is 3.70. The highest BCUT2D eigenvalue weighted by Gasteiger charge is 2.13. The molecule has 0 aromatic heterocycles. The molecule has 1 fully saturated rings. The number of nitrogens with one attached hydrogen (secondary N) is 2. The first-order valence-electron chi connectivity index (χ1n) is 6.14. The molecule has 0 aromatic carbocycles. The fraction of sp³-hybridized carbons (Fsp3) is 1.00. The molecule has 0 bridgehead atoms. The fourth-order valence-electron chi connectivity index (χ4n) is 1.81. The van der Waals surface area contributed by atoms with E-state index in [9.17, 15) is 0 Å². The Kier molecular flexibility index (Phi) is 5.49. The summed E-state index contributed by atoms with van der Waals surface area (Å²) in [6.45, 7) is 10.5. The van der Waals surface area contributed by atoms with Crippen molar-refractivity contribution in [2.75, 3.05) is 19.6 Å². The normalized spacial score (nSPS) is 26.1. The van der Waals surface area contributed by atoms with E-state index < -0.39 is 0 Å². The Balaban J connectivity index is 2.15. The van der Waals surface area contributed by atoms with E-state index in [0.717, 1.165) is 17.9 Å². The van der Waals surface area contributed by atoms with Crippen molar-refractivity contribution >= 4 is 0 Å². The van der Waals surface area contributed by atoms with Crippen molar-refractivity contribution in [2.24, 2.45) is 11.8 Å². The van der Waals surface area contributed by atoms with E-state index in [2.05, 4.69) is 31.4 Å². The maximum absolute atomic E-state index is 3.70. The topological polar surface area (TPSA) is 24.1 Å². The lowest BCUT2D eigenvalue weighted by atomic mass is 9.97. The van der Waals surface area contributed by atoms with E-state index in [1.54, 1.807) is 0 Å². The largest absolute Gasteiger partial charge is 0.317 e. The Labute approximate surface area is 88.8 Å². The molecule has 1 saturated heterocycles. The summed E-state index contributed by atoms with van der Waals surface area (Å²) in [4.78, 5) is 0. The van der Waals surface area contributed by atoms with E-state index in [0.29, 0.717) is 0 Å². The molecule has 1 aliphatic rings. The number of hydrogen-bond donors (Lipinski definition) is 2. The van der Waals surface area contributed by atoms with Crippen molar-refractivity contribution in [1.29, 1.82) is 0 Å². The maximum Gasteiger partial charge on any atom is 0.00797 e. The third-order valence-electron chi connectivity index (χ3n) is 3.44. The second-order valence-corrected chi connectivity index (χ2v) is 5.01. The first kappa shape index (κ1) is 12.0. The summed E-state index contributed by atoms with van der Waals surface area (Å²) >= 11 is 0. The summed E-state index contributed by atoms with van der Waals surface area (Å²) < 4.78 is 0. The molecule has 0 spiro atoms. The molecular formula is C12H26N2. The van der Waals surface area contributed by atoms with Crippen LogP contribution in [0.25, 0.3) is 0 Å². The van der Waals surface area contributed by atoms with Crippen LogP contribution >= 0.6 is 0 Å². The van der Waals surface area contributed by atoms with E-state index in [4.69, 9.17) is 0 Å². The average Bonchev–Trinajstić information content (AvgIpc) is 2.42. The fourth-order valence-corrected chi connectivity index (χ4v) is 1.81. The van der Waals surface area contributed by atoms with Gasteiger partial charge in [-0.15, -0.1) is 0 Å². The van der Waals surface area contributed by atoms with Crippen LogP contribution in [0.3, 0.4) is 0 Å². The van der Waals surface area contributed by atoms with E-state index in [-0.39, 0.29) is 0 Å². The molecule has 0 radical (unpaired) electrons. The van der Waals surface area contributed by atoms with Crippen LogP contribution in [0.4, 0.5) is 0 Å². The highest BCUT2D eigenvalue weighted by Crippen LogP contribution is 2.10. The molecule has 0 aliphatic carbocycles. The Morgan fingerprint density at radius 3 is 2.71 bits per heavy atom. The van der Waals surface area contributed by atoms with Crippen molar-refractivity contribution < 1.29 is 0 Å². The van der Waals surface area contributed by atoms with Gasteiger partial charge in [-0.05, 0) is 50.7 Å². The lowest BCUT2D eigenvalue weighted by molar-refractivity contribution is 0.355. The average molecular weight is 198 g/mol. The third-order valence-corrected chi connectivity index (χ3v) is 3.44. The monoisotopic (exact) mass is 198 g/mol. The van der Waals surface area contributed by atoms with Gasteiger partial charge < -0.3 is 10.6 Å². The Morgan fingerprint density at radius 1 is 1.21 bits per heavy atom. The zero-order chi connectivity index (χ0) is 10.4.